The number of carboxylic acids is 1. The summed E-state index contributed by atoms with van der Waals surface area (Å²) in [5.74, 6) is 0.731. The van der Waals surface area contributed by atoms with Crippen LogP contribution < -0.4 is 0 Å². The van der Waals surface area contributed by atoms with Crippen molar-refractivity contribution in [1.82, 2.24) is 0 Å². The quantitative estimate of drug-likeness (QED) is 0.0828. The van der Waals surface area contributed by atoms with Crippen LogP contribution in [0.15, 0.2) is 11.6 Å². The smallest absolute Gasteiger partial charge is 0.306 e. The van der Waals surface area contributed by atoms with E-state index in [0.29, 0.717) is 42.9 Å². The third-order valence-corrected chi connectivity index (χ3v) is 10.0. The van der Waals surface area contributed by atoms with E-state index >= 15 is 0 Å². The third kappa shape index (κ3) is 16.5. The maximum absolute atomic E-state index is 11.0. The Morgan fingerprint density at radius 2 is 1.66 bits per heavy atom. The number of carbonyl (C=O) groups is 1. The molecule has 0 heterocycles. The van der Waals surface area contributed by atoms with Crippen LogP contribution in [0.2, 0.25) is 0 Å². The zero-order valence-corrected chi connectivity index (χ0v) is 28.0. The van der Waals surface area contributed by atoms with Gasteiger partial charge in [0.2, 0.25) is 0 Å². The topological polar surface area (TPSA) is 87.0 Å². The highest BCUT2D eigenvalue weighted by Crippen LogP contribution is 2.39. The Hall–Kier alpha value is -0.910. The Morgan fingerprint density at radius 3 is 2.34 bits per heavy atom. The molecule has 0 saturated heterocycles. The van der Waals surface area contributed by atoms with Gasteiger partial charge in [0.25, 0.3) is 0 Å². The van der Waals surface area contributed by atoms with Crippen molar-refractivity contribution in [1.29, 1.82) is 0 Å². The predicted octanol–water partition coefficient (Wildman–Crippen LogP) is 9.34. The molecule has 8 unspecified atom stereocenters. The van der Waals surface area contributed by atoms with E-state index in [2.05, 4.69) is 40.7 Å². The summed E-state index contributed by atoms with van der Waals surface area (Å²) in [5, 5.41) is 30.4. The van der Waals surface area contributed by atoms with Gasteiger partial charge in [-0.2, -0.15) is 0 Å². The minimum atomic E-state index is -0.758. The SMILES string of the molecule is CCCCCCCCOC1C(CCC(C)CCCC(C)=CCCC(C)(O)CCCC(C)C(=O)O)CC(O)C(C)C1C. The number of aliphatic carboxylic acids is 1. The number of unbranched alkanes of at least 4 members (excludes halogenated alkanes) is 5. The highest BCUT2D eigenvalue weighted by Gasteiger charge is 2.40. The number of carboxylic acid groups (broad SMARTS) is 1. The van der Waals surface area contributed by atoms with Gasteiger partial charge >= 0.3 is 5.97 Å². The van der Waals surface area contributed by atoms with Crippen LogP contribution in [0, 0.1) is 29.6 Å². The number of allylic oxidation sites excluding steroid dienone is 2. The summed E-state index contributed by atoms with van der Waals surface area (Å²) in [6, 6.07) is 0. The molecule has 1 aliphatic rings. The van der Waals surface area contributed by atoms with Gasteiger partial charge in [-0.15, -0.1) is 0 Å². The van der Waals surface area contributed by atoms with E-state index in [1.54, 1.807) is 6.92 Å². The van der Waals surface area contributed by atoms with Crippen LogP contribution in [-0.4, -0.2) is 45.7 Å². The summed E-state index contributed by atoms with van der Waals surface area (Å²) < 4.78 is 6.52. The maximum atomic E-state index is 11.0. The normalized spacial score (nSPS) is 26.5. The summed E-state index contributed by atoms with van der Waals surface area (Å²) in [6.07, 6.45) is 20.4. The monoisotopic (exact) mass is 581 g/mol. The highest BCUT2D eigenvalue weighted by atomic mass is 16.5. The lowest BCUT2D eigenvalue weighted by Crippen LogP contribution is -2.45. The minimum Gasteiger partial charge on any atom is -0.481 e. The standard InChI is InChI=1S/C36H68O5/c1-8-9-10-11-12-13-25-41-34-31(6)30(5)33(37)26-32(34)22-21-28(3)18-14-17-27(2)19-15-23-36(7,40)24-16-20-29(4)35(38)39/h19,28-34,37,40H,8-18,20-26H2,1-7H3,(H,38,39). The second-order valence-corrected chi connectivity index (χ2v) is 14.2. The lowest BCUT2D eigenvalue weighted by Gasteiger charge is -2.43. The van der Waals surface area contributed by atoms with Gasteiger partial charge in [0.05, 0.1) is 23.7 Å². The van der Waals surface area contributed by atoms with Crippen molar-refractivity contribution < 1.29 is 24.9 Å². The zero-order chi connectivity index (χ0) is 30.8. The number of hydrogen-bond acceptors (Lipinski definition) is 4. The van der Waals surface area contributed by atoms with E-state index in [1.165, 1.54) is 56.9 Å². The number of aliphatic hydroxyl groups is 2. The van der Waals surface area contributed by atoms with E-state index in [-0.39, 0.29) is 18.1 Å². The number of hydrogen-bond donors (Lipinski definition) is 3. The van der Waals surface area contributed by atoms with Gasteiger partial charge in [0.1, 0.15) is 0 Å². The Balaban J connectivity index is 2.36. The molecule has 0 amide bonds. The van der Waals surface area contributed by atoms with Gasteiger partial charge in [0.15, 0.2) is 0 Å². The van der Waals surface area contributed by atoms with Crippen LogP contribution >= 0.6 is 0 Å². The van der Waals surface area contributed by atoms with E-state index in [4.69, 9.17) is 9.84 Å². The Bertz CT molecular complexity index is 717. The highest BCUT2D eigenvalue weighted by molar-refractivity contribution is 5.69. The Labute approximate surface area is 253 Å². The molecule has 0 aromatic carbocycles. The first kappa shape index (κ1) is 38.1. The first-order valence-corrected chi connectivity index (χ1v) is 17.3. The molecule has 0 aromatic heterocycles. The van der Waals surface area contributed by atoms with Crippen LogP contribution in [0.4, 0.5) is 0 Å². The average Bonchev–Trinajstić information content (AvgIpc) is 2.90. The summed E-state index contributed by atoms with van der Waals surface area (Å²) in [4.78, 5) is 11.0. The van der Waals surface area contributed by atoms with Gasteiger partial charge in [-0.1, -0.05) is 91.2 Å². The summed E-state index contributed by atoms with van der Waals surface area (Å²) >= 11 is 0. The molecule has 5 nitrogen and oxygen atoms in total. The number of ether oxygens (including phenoxy) is 1. The van der Waals surface area contributed by atoms with Gasteiger partial charge in [0, 0.05) is 6.61 Å². The van der Waals surface area contributed by atoms with Crippen molar-refractivity contribution >= 4 is 5.97 Å². The number of aliphatic hydroxyl groups excluding tert-OH is 1. The second-order valence-electron chi connectivity index (χ2n) is 14.2. The van der Waals surface area contributed by atoms with Crippen LogP contribution in [0.3, 0.4) is 0 Å². The molecule has 3 N–H and O–H groups in total. The van der Waals surface area contributed by atoms with Crippen LogP contribution in [0.5, 0.6) is 0 Å². The maximum Gasteiger partial charge on any atom is 0.306 e. The van der Waals surface area contributed by atoms with E-state index in [0.717, 1.165) is 45.1 Å². The lowest BCUT2D eigenvalue weighted by molar-refractivity contribution is -0.141. The zero-order valence-electron chi connectivity index (χ0n) is 28.0. The molecule has 8 atom stereocenters. The molecular formula is C36H68O5. The van der Waals surface area contributed by atoms with Gasteiger partial charge in [-0.05, 0) is 102 Å². The van der Waals surface area contributed by atoms with Crippen LogP contribution in [-0.2, 0) is 9.53 Å². The van der Waals surface area contributed by atoms with Crippen molar-refractivity contribution in [3.8, 4) is 0 Å². The van der Waals surface area contributed by atoms with E-state index in [9.17, 15) is 15.0 Å². The van der Waals surface area contributed by atoms with Crippen molar-refractivity contribution in [2.75, 3.05) is 6.61 Å². The molecular weight excluding hydrogens is 512 g/mol. The summed E-state index contributed by atoms with van der Waals surface area (Å²) in [7, 11) is 0. The Morgan fingerprint density at radius 1 is 0.976 bits per heavy atom. The van der Waals surface area contributed by atoms with E-state index in [1.807, 2.05) is 6.92 Å². The molecule has 1 fully saturated rings. The predicted molar refractivity (Wildman–Crippen MR) is 172 cm³/mol. The first-order valence-electron chi connectivity index (χ1n) is 17.3. The molecule has 0 aliphatic heterocycles. The first-order chi connectivity index (χ1) is 19.4. The molecule has 0 aromatic rings. The second kappa shape index (κ2) is 20.9. The molecule has 242 valence electrons. The van der Waals surface area contributed by atoms with Gasteiger partial charge in [-0.3, -0.25) is 4.79 Å². The van der Waals surface area contributed by atoms with Gasteiger partial charge < -0.3 is 20.1 Å². The van der Waals surface area contributed by atoms with Crippen molar-refractivity contribution in [3.05, 3.63) is 11.6 Å². The molecule has 1 saturated carbocycles. The molecule has 5 heteroatoms. The molecule has 1 rings (SSSR count). The summed E-state index contributed by atoms with van der Waals surface area (Å²) in [5.41, 5.74) is 0.663. The van der Waals surface area contributed by atoms with E-state index < -0.39 is 11.6 Å². The minimum absolute atomic E-state index is 0.207. The fourth-order valence-electron chi connectivity index (χ4n) is 6.55. The van der Waals surface area contributed by atoms with Crippen LogP contribution in [0.1, 0.15) is 158 Å². The summed E-state index contributed by atoms with van der Waals surface area (Å²) in [6.45, 7) is 15.8. The molecule has 0 spiro atoms. The average molecular weight is 581 g/mol. The molecule has 41 heavy (non-hydrogen) atoms. The van der Waals surface area contributed by atoms with Gasteiger partial charge in [-0.25, -0.2) is 0 Å². The van der Waals surface area contributed by atoms with Crippen LogP contribution in [0.25, 0.3) is 0 Å². The fourth-order valence-corrected chi connectivity index (χ4v) is 6.55. The van der Waals surface area contributed by atoms with Crippen molar-refractivity contribution in [2.45, 2.75) is 175 Å². The van der Waals surface area contributed by atoms with Crippen molar-refractivity contribution in [3.63, 3.8) is 0 Å². The Kier molecular flexibility index (Phi) is 19.4. The third-order valence-electron chi connectivity index (χ3n) is 10.0. The molecule has 0 radical (unpaired) electrons. The lowest BCUT2D eigenvalue weighted by atomic mass is 9.70. The van der Waals surface area contributed by atoms with Crippen molar-refractivity contribution in [2.24, 2.45) is 29.6 Å². The largest absolute Gasteiger partial charge is 0.481 e. The fraction of sp³-hybridized carbons (Fsp3) is 0.917. The molecule has 0 bridgehead atoms. The molecule has 1 aliphatic carbocycles. The number of rotatable bonds is 23.